The van der Waals surface area contributed by atoms with Gasteiger partial charge in [-0.1, -0.05) is 19.1 Å². The molecule has 22 heavy (non-hydrogen) atoms. The Kier molecular flexibility index (Phi) is 5.50. The van der Waals surface area contributed by atoms with E-state index < -0.39 is 11.7 Å². The molecule has 0 saturated carbocycles. The van der Waals surface area contributed by atoms with Gasteiger partial charge < -0.3 is 0 Å². The van der Waals surface area contributed by atoms with Crippen molar-refractivity contribution in [1.29, 1.82) is 0 Å². The van der Waals surface area contributed by atoms with Crippen LogP contribution in [0.3, 0.4) is 0 Å². The minimum absolute atomic E-state index is 0.274. The first-order valence-corrected chi connectivity index (χ1v) is 7.99. The third-order valence-electron chi connectivity index (χ3n) is 4.43. The first-order valence-electron chi connectivity index (χ1n) is 7.99. The van der Waals surface area contributed by atoms with Gasteiger partial charge in [0.15, 0.2) is 0 Å². The largest absolute Gasteiger partial charge is 0.416 e. The molecular formula is C17H25F3N2. The van der Waals surface area contributed by atoms with E-state index in [0.717, 1.165) is 38.0 Å². The maximum absolute atomic E-state index is 12.6. The number of rotatable bonds is 4. The van der Waals surface area contributed by atoms with Gasteiger partial charge in [0.25, 0.3) is 0 Å². The number of benzene rings is 1. The molecule has 124 valence electrons. The summed E-state index contributed by atoms with van der Waals surface area (Å²) in [7, 11) is 0. The van der Waals surface area contributed by atoms with Crippen molar-refractivity contribution >= 4 is 0 Å². The summed E-state index contributed by atoms with van der Waals surface area (Å²) in [5, 5.41) is 0. The second kappa shape index (κ2) is 7.01. The van der Waals surface area contributed by atoms with Gasteiger partial charge in [0, 0.05) is 25.6 Å². The summed E-state index contributed by atoms with van der Waals surface area (Å²) in [4.78, 5) is 4.87. The predicted octanol–water partition coefficient (Wildman–Crippen LogP) is 4.01. The van der Waals surface area contributed by atoms with Crippen LogP contribution in [0.1, 0.15) is 38.3 Å². The van der Waals surface area contributed by atoms with Gasteiger partial charge in [-0.15, -0.1) is 0 Å². The van der Waals surface area contributed by atoms with Gasteiger partial charge in [0.05, 0.1) is 11.7 Å². The molecule has 1 aromatic carbocycles. The summed E-state index contributed by atoms with van der Waals surface area (Å²) in [5.41, 5.74) is 0.386. The molecule has 1 aliphatic rings. The molecule has 1 unspecified atom stereocenters. The molecule has 0 aliphatic carbocycles. The lowest BCUT2D eigenvalue weighted by Crippen LogP contribution is -2.56. The van der Waals surface area contributed by atoms with E-state index in [9.17, 15) is 13.2 Å². The Bertz CT molecular complexity index is 468. The Morgan fingerprint density at radius 1 is 1.14 bits per heavy atom. The molecule has 1 fully saturated rings. The molecule has 1 aromatic rings. The van der Waals surface area contributed by atoms with Crippen molar-refractivity contribution < 1.29 is 13.2 Å². The Labute approximate surface area is 130 Å². The van der Waals surface area contributed by atoms with Crippen LogP contribution < -0.4 is 0 Å². The fraction of sp³-hybridized carbons (Fsp3) is 0.647. The predicted molar refractivity (Wildman–Crippen MR) is 82.6 cm³/mol. The molecule has 0 spiro atoms. The maximum atomic E-state index is 12.6. The summed E-state index contributed by atoms with van der Waals surface area (Å²) < 4.78 is 37.9. The first kappa shape index (κ1) is 17.3. The third-order valence-corrected chi connectivity index (χ3v) is 4.43. The zero-order valence-electron chi connectivity index (χ0n) is 13.5. The number of likely N-dealkylation sites (N-methyl/N-ethyl adjacent to an activating group) is 1. The van der Waals surface area contributed by atoms with Crippen molar-refractivity contribution in [3.8, 4) is 0 Å². The normalized spacial score (nSPS) is 21.5. The minimum atomic E-state index is -4.26. The summed E-state index contributed by atoms with van der Waals surface area (Å²) in [6.45, 7) is 9.58. The average Bonchev–Trinajstić information content (AvgIpc) is 2.46. The molecule has 0 amide bonds. The highest BCUT2D eigenvalue weighted by Gasteiger charge is 2.32. The van der Waals surface area contributed by atoms with Gasteiger partial charge in [-0.05, 0) is 44.5 Å². The fourth-order valence-electron chi connectivity index (χ4n) is 3.22. The first-order chi connectivity index (χ1) is 10.3. The van der Waals surface area contributed by atoms with Gasteiger partial charge in [-0.2, -0.15) is 13.2 Å². The van der Waals surface area contributed by atoms with Crippen molar-refractivity contribution in [2.45, 2.75) is 52.0 Å². The van der Waals surface area contributed by atoms with Crippen LogP contribution >= 0.6 is 0 Å². The van der Waals surface area contributed by atoms with Gasteiger partial charge in [0.1, 0.15) is 0 Å². The zero-order valence-corrected chi connectivity index (χ0v) is 13.5. The Hall–Kier alpha value is -1.07. The smallest absolute Gasteiger partial charge is 0.288 e. The summed E-state index contributed by atoms with van der Waals surface area (Å²) in [6, 6.07) is 6.05. The highest BCUT2D eigenvalue weighted by molar-refractivity contribution is 5.25. The van der Waals surface area contributed by atoms with Crippen LogP contribution in [-0.2, 0) is 12.6 Å². The highest BCUT2D eigenvalue weighted by Crippen LogP contribution is 2.29. The average molecular weight is 315 g/mol. The molecule has 1 atom stereocenters. The minimum Gasteiger partial charge on any atom is -0.288 e. The van der Waals surface area contributed by atoms with Crippen LogP contribution in [0.4, 0.5) is 13.2 Å². The summed E-state index contributed by atoms with van der Waals surface area (Å²) >= 11 is 0. The number of halogens is 3. The summed E-state index contributed by atoms with van der Waals surface area (Å²) in [5.74, 6) is 0. The second-order valence-corrected chi connectivity index (χ2v) is 6.19. The molecule has 0 aromatic heterocycles. The van der Waals surface area contributed by atoms with E-state index in [-0.39, 0.29) is 6.17 Å². The van der Waals surface area contributed by atoms with E-state index >= 15 is 0 Å². The number of hydrogen-bond donors (Lipinski definition) is 0. The van der Waals surface area contributed by atoms with E-state index in [2.05, 4.69) is 30.6 Å². The lowest BCUT2D eigenvalue weighted by atomic mass is 10.1. The summed E-state index contributed by atoms with van der Waals surface area (Å²) in [6.07, 6.45) is -2.07. The molecular weight excluding hydrogens is 290 g/mol. The van der Waals surface area contributed by atoms with Crippen LogP contribution in [0, 0.1) is 0 Å². The van der Waals surface area contributed by atoms with Crippen LogP contribution in [-0.4, -0.2) is 41.6 Å². The van der Waals surface area contributed by atoms with E-state index in [1.54, 1.807) is 12.1 Å². The SMILES string of the molecule is CCN1CCCN(C(C)C)[13CH]1Cc1ccc(C(F)(F)F)cc1. The van der Waals surface area contributed by atoms with E-state index in [1.807, 2.05) is 0 Å². The number of hydrogen-bond acceptors (Lipinski definition) is 2. The van der Waals surface area contributed by atoms with Crippen molar-refractivity contribution in [3.63, 3.8) is 0 Å². The lowest BCUT2D eigenvalue weighted by Gasteiger charge is -2.46. The van der Waals surface area contributed by atoms with Crippen LogP contribution in [0.2, 0.25) is 0 Å². The lowest BCUT2D eigenvalue weighted by molar-refractivity contribution is -0.137. The van der Waals surface area contributed by atoms with Crippen molar-refractivity contribution in [2.75, 3.05) is 19.6 Å². The van der Waals surface area contributed by atoms with Crippen LogP contribution in [0.25, 0.3) is 0 Å². The van der Waals surface area contributed by atoms with Crippen LogP contribution in [0.5, 0.6) is 0 Å². The molecule has 0 radical (unpaired) electrons. The van der Waals surface area contributed by atoms with Gasteiger partial charge in [-0.3, -0.25) is 9.80 Å². The molecule has 2 nitrogen and oxygen atoms in total. The maximum Gasteiger partial charge on any atom is 0.416 e. The van der Waals surface area contributed by atoms with Gasteiger partial charge >= 0.3 is 6.18 Å². The van der Waals surface area contributed by atoms with E-state index in [1.165, 1.54) is 12.1 Å². The van der Waals surface area contributed by atoms with Crippen molar-refractivity contribution in [3.05, 3.63) is 35.4 Å². The van der Waals surface area contributed by atoms with Gasteiger partial charge in [-0.25, -0.2) is 0 Å². The zero-order chi connectivity index (χ0) is 16.3. The Balaban J connectivity index is 2.15. The molecule has 0 N–H and O–H groups in total. The topological polar surface area (TPSA) is 6.48 Å². The Morgan fingerprint density at radius 3 is 2.27 bits per heavy atom. The van der Waals surface area contributed by atoms with E-state index in [4.69, 9.17) is 0 Å². The van der Waals surface area contributed by atoms with E-state index in [0.29, 0.717) is 6.04 Å². The highest BCUT2D eigenvalue weighted by atomic mass is 19.4. The van der Waals surface area contributed by atoms with Crippen molar-refractivity contribution in [1.82, 2.24) is 9.80 Å². The van der Waals surface area contributed by atoms with Crippen molar-refractivity contribution in [2.24, 2.45) is 0 Å². The quantitative estimate of drug-likeness (QED) is 0.775. The monoisotopic (exact) mass is 315 g/mol. The molecule has 1 heterocycles. The third kappa shape index (κ3) is 4.02. The molecule has 5 heteroatoms. The molecule has 1 aliphatic heterocycles. The van der Waals surface area contributed by atoms with Crippen LogP contribution in [0.15, 0.2) is 24.3 Å². The number of nitrogens with zero attached hydrogens (tertiary/aromatic N) is 2. The number of alkyl halides is 3. The molecule has 0 bridgehead atoms. The standard InChI is InChI=1S/C17H25F3N2/c1-4-21-10-5-11-22(13(2)3)16(21)12-14-6-8-15(9-7-14)17(18,19)20/h6-9,13,16H,4-5,10-12H2,1-3H3/i16+1. The Morgan fingerprint density at radius 2 is 1.77 bits per heavy atom. The fourth-order valence-corrected chi connectivity index (χ4v) is 3.22. The molecule has 2 rings (SSSR count). The second-order valence-electron chi connectivity index (χ2n) is 6.19. The molecule has 1 saturated heterocycles. The van der Waals surface area contributed by atoms with Gasteiger partial charge in [0.2, 0.25) is 0 Å².